The van der Waals surface area contributed by atoms with Crippen molar-refractivity contribution in [2.75, 3.05) is 18.1 Å². The van der Waals surface area contributed by atoms with Gasteiger partial charge in [-0.2, -0.15) is 0 Å². The first-order valence-electron chi connectivity index (χ1n) is 5.49. The van der Waals surface area contributed by atoms with Crippen LogP contribution in [0.5, 0.6) is 5.75 Å². The van der Waals surface area contributed by atoms with E-state index in [0.717, 1.165) is 0 Å². The van der Waals surface area contributed by atoms with Crippen molar-refractivity contribution in [3.8, 4) is 5.75 Å². The van der Waals surface area contributed by atoms with E-state index in [1.54, 1.807) is 18.2 Å². The lowest BCUT2D eigenvalue weighted by molar-refractivity contribution is -0.138. The Morgan fingerprint density at radius 1 is 1.44 bits per heavy atom. The van der Waals surface area contributed by atoms with E-state index < -0.39 is 12.0 Å². The molecule has 0 radical (unpaired) electrons. The molecule has 1 fully saturated rings. The van der Waals surface area contributed by atoms with Gasteiger partial charge in [0.15, 0.2) is 0 Å². The summed E-state index contributed by atoms with van der Waals surface area (Å²) in [6.07, 6.45) is -0.222. The number of aliphatic carboxylic acids is 1. The molecule has 18 heavy (non-hydrogen) atoms. The number of phenolic OH excluding ortho intramolecular Hbond substituents is 1. The van der Waals surface area contributed by atoms with Gasteiger partial charge in [-0.05, 0) is 12.1 Å². The Morgan fingerprint density at radius 3 is 2.83 bits per heavy atom. The molecule has 1 saturated heterocycles. The van der Waals surface area contributed by atoms with Crippen LogP contribution in [0, 0.1) is 0 Å². The maximum Gasteiger partial charge on any atom is 0.305 e. The van der Waals surface area contributed by atoms with Gasteiger partial charge in [-0.15, -0.1) is 0 Å². The summed E-state index contributed by atoms with van der Waals surface area (Å²) in [5, 5.41) is 18.6. The predicted molar refractivity (Wildman–Crippen MR) is 62.5 cm³/mol. The van der Waals surface area contributed by atoms with E-state index in [1.807, 2.05) is 0 Å². The van der Waals surface area contributed by atoms with Crippen LogP contribution >= 0.6 is 0 Å². The molecule has 1 aromatic rings. The monoisotopic (exact) mass is 251 g/mol. The van der Waals surface area contributed by atoms with E-state index in [1.165, 1.54) is 11.0 Å². The highest BCUT2D eigenvalue weighted by molar-refractivity contribution is 5.97. The number of benzene rings is 1. The Bertz CT molecular complexity index is 473. The molecule has 6 heteroatoms. The number of morpholine rings is 1. The number of amides is 1. The minimum Gasteiger partial charge on any atom is -0.506 e. The van der Waals surface area contributed by atoms with Crippen LogP contribution in [0.25, 0.3) is 0 Å². The van der Waals surface area contributed by atoms with Crippen LogP contribution in [-0.4, -0.2) is 41.3 Å². The molecule has 0 aromatic heterocycles. The molecule has 1 unspecified atom stereocenters. The Balaban J connectivity index is 2.33. The first-order valence-corrected chi connectivity index (χ1v) is 5.49. The van der Waals surface area contributed by atoms with E-state index in [9.17, 15) is 14.7 Å². The largest absolute Gasteiger partial charge is 0.506 e. The normalized spacial score (nSPS) is 19.9. The molecule has 0 aliphatic carbocycles. The molecule has 96 valence electrons. The zero-order valence-electron chi connectivity index (χ0n) is 9.57. The fourth-order valence-electron chi connectivity index (χ4n) is 1.98. The molecular weight excluding hydrogens is 238 g/mol. The van der Waals surface area contributed by atoms with Crippen molar-refractivity contribution < 1.29 is 24.5 Å². The Labute approximate surface area is 103 Å². The predicted octanol–water partition coefficient (Wildman–Crippen LogP) is 0.599. The zero-order chi connectivity index (χ0) is 13.1. The van der Waals surface area contributed by atoms with Gasteiger partial charge in [0.25, 0.3) is 5.91 Å². The molecule has 1 atom stereocenters. The van der Waals surface area contributed by atoms with Crippen molar-refractivity contribution in [3.05, 3.63) is 24.3 Å². The number of hydrogen-bond acceptors (Lipinski definition) is 4. The summed E-state index contributed by atoms with van der Waals surface area (Å²) in [5.74, 6) is -1.42. The summed E-state index contributed by atoms with van der Waals surface area (Å²) in [6, 6.07) is 5.74. The Kier molecular flexibility index (Phi) is 3.47. The molecule has 6 nitrogen and oxygen atoms in total. The number of carbonyl (C=O) groups is 2. The van der Waals surface area contributed by atoms with Crippen LogP contribution < -0.4 is 4.90 Å². The number of nitrogens with zero attached hydrogens (tertiary/aromatic N) is 1. The third-order valence-electron chi connectivity index (χ3n) is 2.72. The Morgan fingerprint density at radius 2 is 2.17 bits per heavy atom. The highest BCUT2D eigenvalue weighted by atomic mass is 16.5. The van der Waals surface area contributed by atoms with E-state index in [2.05, 4.69) is 0 Å². The molecule has 1 aliphatic heterocycles. The molecule has 2 N–H and O–H groups in total. The van der Waals surface area contributed by atoms with Crippen molar-refractivity contribution in [1.82, 2.24) is 0 Å². The average molecular weight is 251 g/mol. The van der Waals surface area contributed by atoms with Crippen molar-refractivity contribution in [2.45, 2.75) is 12.5 Å². The number of carbonyl (C=O) groups excluding carboxylic acids is 1. The number of carboxylic acids is 1. The molecule has 1 aliphatic rings. The SMILES string of the molecule is O=C(O)CC1COCC(=O)N1c1ccccc1O. The minimum atomic E-state index is -1.02. The summed E-state index contributed by atoms with van der Waals surface area (Å²) in [6.45, 7) is 0.0385. The highest BCUT2D eigenvalue weighted by Crippen LogP contribution is 2.30. The number of phenols is 1. The lowest BCUT2D eigenvalue weighted by Crippen LogP contribution is -2.50. The van der Waals surface area contributed by atoms with Crippen molar-refractivity contribution in [2.24, 2.45) is 0 Å². The van der Waals surface area contributed by atoms with Crippen LogP contribution in [-0.2, 0) is 14.3 Å². The number of rotatable bonds is 3. The number of aromatic hydroxyl groups is 1. The summed E-state index contributed by atoms with van der Waals surface area (Å²) >= 11 is 0. The summed E-state index contributed by atoms with van der Waals surface area (Å²) in [5.41, 5.74) is 0.317. The van der Waals surface area contributed by atoms with Crippen molar-refractivity contribution in [3.63, 3.8) is 0 Å². The summed E-state index contributed by atoms with van der Waals surface area (Å²) in [7, 11) is 0. The quantitative estimate of drug-likeness (QED) is 0.821. The van der Waals surface area contributed by atoms with Gasteiger partial charge < -0.3 is 19.8 Å². The standard InChI is InChI=1S/C12H13NO5/c14-10-4-2-1-3-9(10)13-8(5-12(16)17)6-18-7-11(13)15/h1-4,8,14H,5-7H2,(H,16,17). The molecule has 0 spiro atoms. The van der Waals surface area contributed by atoms with Crippen LogP contribution in [0.1, 0.15) is 6.42 Å². The average Bonchev–Trinajstić information content (AvgIpc) is 2.30. The van der Waals surface area contributed by atoms with Gasteiger partial charge in [0.05, 0.1) is 24.8 Å². The summed E-state index contributed by atoms with van der Waals surface area (Å²) in [4.78, 5) is 23.9. The van der Waals surface area contributed by atoms with Crippen LogP contribution in [0.3, 0.4) is 0 Å². The Hall–Kier alpha value is -2.08. The molecular formula is C12H13NO5. The minimum absolute atomic E-state index is 0.0526. The third-order valence-corrected chi connectivity index (χ3v) is 2.72. The molecule has 1 heterocycles. The number of carboxylic acid groups (broad SMARTS) is 1. The van der Waals surface area contributed by atoms with Gasteiger partial charge in [-0.1, -0.05) is 12.1 Å². The van der Waals surface area contributed by atoms with Gasteiger partial charge in [-0.3, -0.25) is 9.59 Å². The van der Waals surface area contributed by atoms with Crippen molar-refractivity contribution >= 4 is 17.6 Å². The lowest BCUT2D eigenvalue weighted by Gasteiger charge is -2.34. The fraction of sp³-hybridized carbons (Fsp3) is 0.333. The third kappa shape index (κ3) is 2.43. The van der Waals surface area contributed by atoms with Gasteiger partial charge in [-0.25, -0.2) is 0 Å². The maximum absolute atomic E-state index is 11.8. The summed E-state index contributed by atoms with van der Waals surface area (Å²) < 4.78 is 5.05. The highest BCUT2D eigenvalue weighted by Gasteiger charge is 2.32. The first kappa shape index (κ1) is 12.4. The van der Waals surface area contributed by atoms with E-state index >= 15 is 0 Å². The molecule has 2 rings (SSSR count). The van der Waals surface area contributed by atoms with Gasteiger partial charge in [0.2, 0.25) is 0 Å². The second-order valence-electron chi connectivity index (χ2n) is 4.02. The molecule has 1 aromatic carbocycles. The smallest absolute Gasteiger partial charge is 0.305 e. The first-order chi connectivity index (χ1) is 8.59. The second kappa shape index (κ2) is 5.05. The second-order valence-corrected chi connectivity index (χ2v) is 4.02. The van der Waals surface area contributed by atoms with Crippen LogP contribution in [0.15, 0.2) is 24.3 Å². The topological polar surface area (TPSA) is 87.1 Å². The van der Waals surface area contributed by atoms with Crippen molar-refractivity contribution in [1.29, 1.82) is 0 Å². The van der Waals surface area contributed by atoms with E-state index in [-0.39, 0.29) is 31.3 Å². The van der Waals surface area contributed by atoms with Gasteiger partial charge in [0, 0.05) is 0 Å². The number of hydrogen-bond donors (Lipinski definition) is 2. The van der Waals surface area contributed by atoms with Gasteiger partial charge in [0.1, 0.15) is 12.4 Å². The number of anilines is 1. The van der Waals surface area contributed by atoms with E-state index in [4.69, 9.17) is 9.84 Å². The zero-order valence-corrected chi connectivity index (χ0v) is 9.57. The molecule has 0 saturated carbocycles. The van der Waals surface area contributed by atoms with Gasteiger partial charge >= 0.3 is 5.97 Å². The van der Waals surface area contributed by atoms with E-state index in [0.29, 0.717) is 5.69 Å². The molecule has 1 amide bonds. The fourth-order valence-corrected chi connectivity index (χ4v) is 1.98. The van der Waals surface area contributed by atoms with Crippen LogP contribution in [0.2, 0.25) is 0 Å². The van der Waals surface area contributed by atoms with Crippen LogP contribution in [0.4, 0.5) is 5.69 Å². The maximum atomic E-state index is 11.8. The number of para-hydroxylation sites is 2. The lowest BCUT2D eigenvalue weighted by atomic mass is 10.1. The molecule has 0 bridgehead atoms. The number of ether oxygens (including phenoxy) is 1.